The summed E-state index contributed by atoms with van der Waals surface area (Å²) < 4.78 is 0. The lowest BCUT2D eigenvalue weighted by molar-refractivity contribution is 0.0946. The molecule has 2 aromatic heterocycles. The number of aromatic nitrogens is 2. The van der Waals surface area contributed by atoms with Gasteiger partial charge >= 0.3 is 0 Å². The Morgan fingerprint density at radius 3 is 2.86 bits per heavy atom. The molecule has 0 unspecified atom stereocenters. The fraction of sp³-hybridized carbons (Fsp3) is 0.353. The number of rotatable bonds is 7. The molecule has 0 aliphatic heterocycles. The van der Waals surface area contributed by atoms with Gasteiger partial charge in [-0.1, -0.05) is 19.9 Å². The fourth-order valence-corrected chi connectivity index (χ4v) is 1.95. The first-order chi connectivity index (χ1) is 10.6. The van der Waals surface area contributed by atoms with Gasteiger partial charge < -0.3 is 10.6 Å². The second-order valence-corrected chi connectivity index (χ2v) is 5.58. The number of nitrogens with zero attached hydrogens (tertiary/aromatic N) is 2. The molecule has 0 aliphatic carbocycles. The van der Waals surface area contributed by atoms with Gasteiger partial charge in [0.2, 0.25) is 0 Å². The first-order valence-corrected chi connectivity index (χ1v) is 7.52. The van der Waals surface area contributed by atoms with Crippen LogP contribution in [-0.2, 0) is 6.54 Å². The Hall–Kier alpha value is -2.43. The zero-order valence-corrected chi connectivity index (χ0v) is 13.0. The van der Waals surface area contributed by atoms with Crippen molar-refractivity contribution in [1.82, 2.24) is 15.3 Å². The van der Waals surface area contributed by atoms with Crippen molar-refractivity contribution in [1.29, 1.82) is 0 Å². The van der Waals surface area contributed by atoms with E-state index in [1.165, 1.54) is 0 Å². The van der Waals surface area contributed by atoms with Crippen LogP contribution < -0.4 is 10.6 Å². The maximum absolute atomic E-state index is 12.1. The van der Waals surface area contributed by atoms with Gasteiger partial charge in [-0.15, -0.1) is 0 Å². The van der Waals surface area contributed by atoms with Gasteiger partial charge in [-0.3, -0.25) is 14.8 Å². The Kier molecular flexibility index (Phi) is 5.89. The fourth-order valence-electron chi connectivity index (χ4n) is 1.95. The standard InChI is InChI=1S/C17H22N4O/c1-13(2)5-8-19-15-6-9-20-16(10-15)17(22)21-12-14-4-3-7-18-11-14/h3-4,6-7,9-11,13H,5,8,12H2,1-2H3,(H,19,20)(H,21,22). The van der Waals surface area contributed by atoms with Crippen LogP contribution in [0.4, 0.5) is 5.69 Å². The monoisotopic (exact) mass is 298 g/mol. The molecule has 2 heterocycles. The Bertz CT molecular complexity index is 599. The van der Waals surface area contributed by atoms with E-state index >= 15 is 0 Å². The molecule has 0 spiro atoms. The maximum atomic E-state index is 12.1. The van der Waals surface area contributed by atoms with Crippen molar-refractivity contribution in [2.45, 2.75) is 26.8 Å². The molecule has 1 amide bonds. The minimum Gasteiger partial charge on any atom is -0.385 e. The van der Waals surface area contributed by atoms with Gasteiger partial charge in [0.1, 0.15) is 5.69 Å². The van der Waals surface area contributed by atoms with Crippen LogP contribution in [0.25, 0.3) is 0 Å². The average molecular weight is 298 g/mol. The van der Waals surface area contributed by atoms with Gasteiger partial charge in [0.25, 0.3) is 5.91 Å². The van der Waals surface area contributed by atoms with Gasteiger partial charge in [0.15, 0.2) is 0 Å². The summed E-state index contributed by atoms with van der Waals surface area (Å²) in [4.78, 5) is 20.3. The van der Waals surface area contributed by atoms with E-state index in [0.717, 1.165) is 24.2 Å². The summed E-state index contributed by atoms with van der Waals surface area (Å²) in [5, 5.41) is 6.16. The normalized spacial score (nSPS) is 10.5. The number of hydrogen-bond acceptors (Lipinski definition) is 4. The number of nitrogens with one attached hydrogen (secondary N) is 2. The summed E-state index contributed by atoms with van der Waals surface area (Å²) in [6.45, 7) is 5.70. The minimum absolute atomic E-state index is 0.184. The van der Waals surface area contributed by atoms with Crippen LogP contribution in [-0.4, -0.2) is 22.4 Å². The third-order valence-corrected chi connectivity index (χ3v) is 3.22. The summed E-state index contributed by atoms with van der Waals surface area (Å²) >= 11 is 0. The molecule has 0 aromatic carbocycles. The molecule has 0 saturated heterocycles. The molecular formula is C17H22N4O. The maximum Gasteiger partial charge on any atom is 0.270 e. The molecular weight excluding hydrogens is 276 g/mol. The van der Waals surface area contributed by atoms with Crippen molar-refractivity contribution in [3.63, 3.8) is 0 Å². The average Bonchev–Trinajstić information content (AvgIpc) is 2.53. The van der Waals surface area contributed by atoms with Gasteiger partial charge in [-0.25, -0.2) is 0 Å². The van der Waals surface area contributed by atoms with Gasteiger partial charge in [0, 0.05) is 37.4 Å². The van der Waals surface area contributed by atoms with Gasteiger partial charge in [0.05, 0.1) is 0 Å². The lowest BCUT2D eigenvalue weighted by Gasteiger charge is -2.09. The topological polar surface area (TPSA) is 66.9 Å². The number of hydrogen-bond donors (Lipinski definition) is 2. The van der Waals surface area contributed by atoms with Crippen LogP contribution in [0, 0.1) is 5.92 Å². The molecule has 116 valence electrons. The van der Waals surface area contributed by atoms with Crippen LogP contribution >= 0.6 is 0 Å². The van der Waals surface area contributed by atoms with E-state index in [9.17, 15) is 4.79 Å². The smallest absolute Gasteiger partial charge is 0.270 e. The highest BCUT2D eigenvalue weighted by Crippen LogP contribution is 2.09. The molecule has 0 bridgehead atoms. The summed E-state index contributed by atoms with van der Waals surface area (Å²) in [5.41, 5.74) is 2.29. The molecule has 0 aliphatic rings. The summed E-state index contributed by atoms with van der Waals surface area (Å²) in [6, 6.07) is 7.42. The molecule has 2 rings (SSSR count). The largest absolute Gasteiger partial charge is 0.385 e. The van der Waals surface area contributed by atoms with Crippen LogP contribution in [0.1, 0.15) is 36.3 Å². The molecule has 0 saturated carbocycles. The van der Waals surface area contributed by atoms with E-state index < -0.39 is 0 Å². The SMILES string of the molecule is CC(C)CCNc1ccnc(C(=O)NCc2cccnc2)c1. The quantitative estimate of drug-likeness (QED) is 0.825. The Morgan fingerprint density at radius 1 is 1.27 bits per heavy atom. The minimum atomic E-state index is -0.184. The predicted octanol–water partition coefficient (Wildman–Crippen LogP) is 2.86. The third-order valence-electron chi connectivity index (χ3n) is 3.22. The molecule has 5 heteroatoms. The molecule has 0 radical (unpaired) electrons. The number of amides is 1. The molecule has 2 aromatic rings. The second-order valence-electron chi connectivity index (χ2n) is 5.58. The van der Waals surface area contributed by atoms with E-state index in [0.29, 0.717) is 18.2 Å². The molecule has 2 N–H and O–H groups in total. The van der Waals surface area contributed by atoms with Crippen LogP contribution in [0.15, 0.2) is 42.9 Å². The summed E-state index contributed by atoms with van der Waals surface area (Å²) in [7, 11) is 0. The van der Waals surface area contributed by atoms with Crippen molar-refractivity contribution in [3.8, 4) is 0 Å². The Balaban J connectivity index is 1.89. The summed E-state index contributed by atoms with van der Waals surface area (Å²) in [6.07, 6.45) is 6.18. The Labute approximate surface area is 131 Å². The van der Waals surface area contributed by atoms with Crippen LogP contribution in [0.5, 0.6) is 0 Å². The third kappa shape index (κ3) is 5.16. The molecule has 22 heavy (non-hydrogen) atoms. The second kappa shape index (κ2) is 8.12. The van der Waals surface area contributed by atoms with Crippen LogP contribution in [0.2, 0.25) is 0 Å². The number of anilines is 1. The van der Waals surface area contributed by atoms with Crippen molar-refractivity contribution in [3.05, 3.63) is 54.1 Å². The zero-order chi connectivity index (χ0) is 15.8. The highest BCUT2D eigenvalue weighted by molar-refractivity contribution is 5.93. The van der Waals surface area contributed by atoms with E-state index in [1.54, 1.807) is 24.7 Å². The van der Waals surface area contributed by atoms with Crippen molar-refractivity contribution in [2.75, 3.05) is 11.9 Å². The first-order valence-electron chi connectivity index (χ1n) is 7.52. The van der Waals surface area contributed by atoms with Crippen molar-refractivity contribution in [2.24, 2.45) is 5.92 Å². The highest BCUT2D eigenvalue weighted by Gasteiger charge is 2.07. The van der Waals surface area contributed by atoms with E-state index in [4.69, 9.17) is 0 Å². The van der Waals surface area contributed by atoms with E-state index in [1.807, 2.05) is 18.2 Å². The Morgan fingerprint density at radius 2 is 2.14 bits per heavy atom. The number of carbonyl (C=O) groups excluding carboxylic acids is 1. The van der Waals surface area contributed by atoms with Crippen molar-refractivity contribution < 1.29 is 4.79 Å². The van der Waals surface area contributed by atoms with E-state index in [2.05, 4.69) is 34.4 Å². The number of pyridine rings is 2. The number of carbonyl (C=O) groups is 1. The molecule has 5 nitrogen and oxygen atoms in total. The van der Waals surface area contributed by atoms with Crippen LogP contribution in [0.3, 0.4) is 0 Å². The summed E-state index contributed by atoms with van der Waals surface area (Å²) in [5.74, 6) is 0.466. The highest BCUT2D eigenvalue weighted by atomic mass is 16.1. The lowest BCUT2D eigenvalue weighted by atomic mass is 10.1. The first kappa shape index (κ1) is 15.9. The van der Waals surface area contributed by atoms with Gasteiger partial charge in [-0.05, 0) is 36.1 Å². The lowest BCUT2D eigenvalue weighted by Crippen LogP contribution is -2.24. The van der Waals surface area contributed by atoms with Gasteiger partial charge in [-0.2, -0.15) is 0 Å². The predicted molar refractivity (Wildman–Crippen MR) is 87.6 cm³/mol. The zero-order valence-electron chi connectivity index (χ0n) is 13.0. The molecule has 0 fully saturated rings. The van der Waals surface area contributed by atoms with Crippen molar-refractivity contribution >= 4 is 11.6 Å². The van der Waals surface area contributed by atoms with E-state index in [-0.39, 0.29) is 5.91 Å². The molecule has 0 atom stereocenters.